The fourth-order valence-corrected chi connectivity index (χ4v) is 1.74. The van der Waals surface area contributed by atoms with E-state index in [0.29, 0.717) is 6.42 Å². The van der Waals surface area contributed by atoms with Gasteiger partial charge in [-0.1, -0.05) is 18.5 Å². The van der Waals surface area contributed by atoms with Crippen molar-refractivity contribution < 1.29 is 17.6 Å². The van der Waals surface area contributed by atoms with E-state index in [0.717, 1.165) is 6.07 Å². The molecule has 0 heterocycles. The Morgan fingerprint density at radius 2 is 2.00 bits per heavy atom. The quantitative estimate of drug-likeness (QED) is 0.807. The van der Waals surface area contributed by atoms with Gasteiger partial charge < -0.3 is 5.32 Å². The van der Waals surface area contributed by atoms with E-state index in [4.69, 9.17) is 11.6 Å². The predicted molar refractivity (Wildman–Crippen MR) is 63.3 cm³/mol. The second kappa shape index (κ2) is 6.38. The summed E-state index contributed by atoms with van der Waals surface area (Å²) < 4.78 is 51.6. The van der Waals surface area contributed by atoms with Crippen LogP contribution in [0.2, 0.25) is 5.02 Å². The van der Waals surface area contributed by atoms with Crippen LogP contribution in [0.5, 0.6) is 0 Å². The minimum absolute atomic E-state index is 0.0339. The molecule has 1 nitrogen and oxygen atoms in total. The van der Waals surface area contributed by atoms with Gasteiger partial charge in [0.05, 0.1) is 0 Å². The fraction of sp³-hybridized carbons (Fsp3) is 0.500. The molecule has 0 aliphatic carbocycles. The van der Waals surface area contributed by atoms with E-state index in [1.54, 1.807) is 6.92 Å². The highest BCUT2D eigenvalue weighted by Crippen LogP contribution is 2.25. The third-order valence-corrected chi connectivity index (χ3v) is 2.70. The maximum Gasteiger partial charge on any atom is 0.404 e. The maximum atomic E-state index is 13.4. The number of halogens is 5. The van der Waals surface area contributed by atoms with Crippen molar-refractivity contribution in [3.63, 3.8) is 0 Å². The Morgan fingerprint density at radius 3 is 2.56 bits per heavy atom. The van der Waals surface area contributed by atoms with Crippen molar-refractivity contribution >= 4 is 11.6 Å². The third-order valence-electron chi connectivity index (χ3n) is 2.47. The van der Waals surface area contributed by atoms with Crippen LogP contribution in [0.1, 0.15) is 18.9 Å². The summed E-state index contributed by atoms with van der Waals surface area (Å²) in [7, 11) is 0. The largest absolute Gasteiger partial charge is 0.404 e. The van der Waals surface area contributed by atoms with E-state index in [-0.39, 0.29) is 17.1 Å². The Kier molecular flexibility index (Phi) is 5.41. The van der Waals surface area contributed by atoms with Crippen LogP contribution in [0.25, 0.3) is 0 Å². The molecular weight excluding hydrogens is 270 g/mol. The van der Waals surface area contributed by atoms with Gasteiger partial charge in [0.25, 0.3) is 0 Å². The van der Waals surface area contributed by atoms with E-state index in [1.807, 2.05) is 0 Å². The van der Waals surface area contributed by atoms with Gasteiger partial charge in [0.15, 0.2) is 0 Å². The van der Waals surface area contributed by atoms with Gasteiger partial charge >= 0.3 is 6.18 Å². The Hall–Kier alpha value is -0.810. The van der Waals surface area contributed by atoms with Crippen LogP contribution >= 0.6 is 11.6 Å². The van der Waals surface area contributed by atoms with Crippen molar-refractivity contribution in [2.24, 2.45) is 0 Å². The minimum Gasteiger partial charge on any atom is -0.306 e. The summed E-state index contributed by atoms with van der Waals surface area (Å²) >= 11 is 5.65. The molecule has 0 saturated carbocycles. The molecule has 0 aromatic heterocycles. The topological polar surface area (TPSA) is 12.0 Å². The molecule has 0 aliphatic rings. The van der Waals surface area contributed by atoms with E-state index in [1.165, 1.54) is 12.1 Å². The second-order valence-corrected chi connectivity index (χ2v) is 4.42. The highest BCUT2D eigenvalue weighted by atomic mass is 35.5. The first kappa shape index (κ1) is 15.2. The number of hydrogen-bond donors (Lipinski definition) is 1. The smallest absolute Gasteiger partial charge is 0.306 e. The zero-order valence-corrected chi connectivity index (χ0v) is 10.6. The molecule has 18 heavy (non-hydrogen) atoms. The lowest BCUT2D eigenvalue weighted by atomic mass is 10.0. The van der Waals surface area contributed by atoms with Gasteiger partial charge in [0, 0.05) is 5.02 Å². The zero-order chi connectivity index (χ0) is 13.8. The molecule has 0 radical (unpaired) electrons. The first-order valence-corrected chi connectivity index (χ1v) is 5.96. The highest BCUT2D eigenvalue weighted by Gasteiger charge is 2.39. The summed E-state index contributed by atoms with van der Waals surface area (Å²) in [6, 6.07) is 1.85. The van der Waals surface area contributed by atoms with Crippen molar-refractivity contribution in [3.05, 3.63) is 34.6 Å². The fourth-order valence-electron chi connectivity index (χ4n) is 1.54. The predicted octanol–water partition coefficient (Wildman–Crippen LogP) is 3.95. The SMILES string of the molecule is CCCNC(Cc1cc(Cl)ccc1F)C(F)(F)F. The van der Waals surface area contributed by atoms with E-state index < -0.39 is 24.5 Å². The van der Waals surface area contributed by atoms with Gasteiger partial charge in [0.2, 0.25) is 0 Å². The number of alkyl halides is 3. The second-order valence-electron chi connectivity index (χ2n) is 3.99. The van der Waals surface area contributed by atoms with E-state index in [2.05, 4.69) is 5.32 Å². The van der Waals surface area contributed by atoms with Crippen molar-refractivity contribution in [1.29, 1.82) is 0 Å². The van der Waals surface area contributed by atoms with Crippen LogP contribution in [0.4, 0.5) is 17.6 Å². The van der Waals surface area contributed by atoms with Crippen molar-refractivity contribution in [2.45, 2.75) is 32.0 Å². The first-order chi connectivity index (χ1) is 8.34. The summed E-state index contributed by atoms with van der Waals surface area (Å²) in [5.74, 6) is -0.674. The molecule has 0 bridgehead atoms. The molecule has 1 N–H and O–H groups in total. The molecule has 0 amide bonds. The van der Waals surface area contributed by atoms with Gasteiger partial charge in [-0.2, -0.15) is 13.2 Å². The number of benzene rings is 1. The monoisotopic (exact) mass is 283 g/mol. The normalized spacial score (nSPS) is 13.7. The number of hydrogen-bond acceptors (Lipinski definition) is 1. The Labute approximate surface area is 108 Å². The molecule has 1 aromatic rings. The van der Waals surface area contributed by atoms with Gasteiger partial charge in [-0.15, -0.1) is 0 Å². The van der Waals surface area contributed by atoms with E-state index in [9.17, 15) is 17.6 Å². The van der Waals surface area contributed by atoms with Crippen LogP contribution in [0, 0.1) is 5.82 Å². The summed E-state index contributed by atoms with van der Waals surface area (Å²) in [4.78, 5) is 0. The van der Waals surface area contributed by atoms with Crippen molar-refractivity contribution in [1.82, 2.24) is 5.32 Å². The Bertz CT molecular complexity index is 392. The lowest BCUT2D eigenvalue weighted by Crippen LogP contribution is -2.44. The van der Waals surface area contributed by atoms with Crippen LogP contribution in [-0.4, -0.2) is 18.8 Å². The molecule has 6 heteroatoms. The summed E-state index contributed by atoms with van der Waals surface area (Å²) in [5.41, 5.74) is -0.0339. The Morgan fingerprint density at radius 1 is 1.33 bits per heavy atom. The van der Waals surface area contributed by atoms with Crippen LogP contribution < -0.4 is 5.32 Å². The molecule has 1 rings (SSSR count). The van der Waals surface area contributed by atoms with Crippen LogP contribution in [0.15, 0.2) is 18.2 Å². The van der Waals surface area contributed by atoms with Crippen LogP contribution in [0.3, 0.4) is 0 Å². The molecule has 102 valence electrons. The summed E-state index contributed by atoms with van der Waals surface area (Å²) in [6.45, 7) is 1.99. The van der Waals surface area contributed by atoms with Gasteiger partial charge in [-0.25, -0.2) is 4.39 Å². The molecule has 0 fully saturated rings. The van der Waals surface area contributed by atoms with E-state index >= 15 is 0 Å². The molecular formula is C12H14ClF4N. The summed E-state index contributed by atoms with van der Waals surface area (Å²) in [5, 5.41) is 2.59. The number of nitrogens with one attached hydrogen (secondary N) is 1. The highest BCUT2D eigenvalue weighted by molar-refractivity contribution is 6.30. The molecule has 0 aliphatic heterocycles. The average molecular weight is 284 g/mol. The summed E-state index contributed by atoms with van der Waals surface area (Å²) in [6.07, 6.45) is -4.30. The van der Waals surface area contributed by atoms with Gasteiger partial charge in [0.1, 0.15) is 11.9 Å². The lowest BCUT2D eigenvalue weighted by molar-refractivity contribution is -0.155. The van der Waals surface area contributed by atoms with Crippen molar-refractivity contribution in [3.8, 4) is 0 Å². The minimum atomic E-state index is -4.41. The Balaban J connectivity index is 2.85. The van der Waals surface area contributed by atoms with Gasteiger partial charge in [-0.3, -0.25) is 0 Å². The zero-order valence-electron chi connectivity index (χ0n) is 9.82. The van der Waals surface area contributed by atoms with Crippen molar-refractivity contribution in [2.75, 3.05) is 6.54 Å². The maximum absolute atomic E-state index is 13.4. The van der Waals surface area contributed by atoms with Crippen LogP contribution in [-0.2, 0) is 6.42 Å². The molecule has 1 aromatic carbocycles. The third kappa shape index (κ3) is 4.46. The number of rotatable bonds is 5. The average Bonchev–Trinajstić information content (AvgIpc) is 2.27. The molecule has 0 spiro atoms. The first-order valence-electron chi connectivity index (χ1n) is 5.58. The van der Waals surface area contributed by atoms with Gasteiger partial charge in [-0.05, 0) is 43.1 Å². The molecule has 1 unspecified atom stereocenters. The molecule has 1 atom stereocenters. The standard InChI is InChI=1S/C12H14ClF4N/c1-2-5-18-11(12(15,16)17)7-8-6-9(13)3-4-10(8)14/h3-4,6,11,18H,2,5,7H2,1H3. The lowest BCUT2D eigenvalue weighted by Gasteiger charge is -2.21. The molecule has 0 saturated heterocycles.